The van der Waals surface area contributed by atoms with Crippen LogP contribution in [0.5, 0.6) is 0 Å². The van der Waals surface area contributed by atoms with Crippen molar-refractivity contribution >= 4 is 17.2 Å². The number of carbonyl (C=O) groups is 1. The highest BCUT2D eigenvalue weighted by atomic mass is 32.1. The van der Waals surface area contributed by atoms with Crippen molar-refractivity contribution in [1.29, 1.82) is 0 Å². The highest BCUT2D eigenvalue weighted by Gasteiger charge is 2.31. The van der Waals surface area contributed by atoms with Crippen molar-refractivity contribution in [1.82, 2.24) is 14.7 Å². The number of carbonyl (C=O) groups excluding carboxylic acids is 1. The van der Waals surface area contributed by atoms with Gasteiger partial charge in [0, 0.05) is 38.2 Å². The van der Waals surface area contributed by atoms with Gasteiger partial charge in [-0.25, -0.2) is 0 Å². The normalized spacial score (nSPS) is 20.2. The summed E-state index contributed by atoms with van der Waals surface area (Å²) in [5, 5.41) is 8.47. The number of aromatic nitrogens is 2. The molecule has 0 saturated heterocycles. The lowest BCUT2D eigenvalue weighted by atomic mass is 9.96. The molecule has 0 spiro atoms. The molecule has 1 aliphatic carbocycles. The first-order valence-corrected chi connectivity index (χ1v) is 9.52. The molecule has 2 aliphatic rings. The maximum atomic E-state index is 12.7. The Balaban J connectivity index is 1.45. The van der Waals surface area contributed by atoms with Gasteiger partial charge in [0.1, 0.15) is 0 Å². The molecule has 2 aromatic rings. The molecule has 128 valence electrons. The van der Waals surface area contributed by atoms with Gasteiger partial charge in [-0.3, -0.25) is 9.48 Å². The van der Waals surface area contributed by atoms with Crippen LogP contribution >= 0.6 is 11.3 Å². The molecule has 24 heavy (non-hydrogen) atoms. The molecule has 1 amide bonds. The van der Waals surface area contributed by atoms with Crippen LogP contribution in [0.15, 0.2) is 23.0 Å². The van der Waals surface area contributed by atoms with Crippen LogP contribution in [-0.4, -0.2) is 40.3 Å². The van der Waals surface area contributed by atoms with Gasteiger partial charge < -0.3 is 9.64 Å². The minimum atomic E-state index is 0.190. The van der Waals surface area contributed by atoms with Crippen LogP contribution in [0, 0.1) is 5.92 Å². The molecule has 6 heteroatoms. The smallest absolute Gasteiger partial charge is 0.227 e. The van der Waals surface area contributed by atoms with E-state index in [1.165, 1.54) is 18.5 Å². The van der Waals surface area contributed by atoms with Crippen molar-refractivity contribution in [2.75, 3.05) is 19.8 Å². The van der Waals surface area contributed by atoms with Crippen LogP contribution in [0.1, 0.15) is 35.6 Å². The molecular weight excluding hydrogens is 322 g/mol. The van der Waals surface area contributed by atoms with Crippen LogP contribution in [0.2, 0.25) is 0 Å². The summed E-state index contributed by atoms with van der Waals surface area (Å²) in [7, 11) is 1.98. The van der Waals surface area contributed by atoms with E-state index >= 15 is 0 Å². The van der Waals surface area contributed by atoms with Crippen LogP contribution < -0.4 is 0 Å². The third-order valence-electron chi connectivity index (χ3n) is 4.91. The number of amides is 1. The minimum Gasteiger partial charge on any atom is -0.380 e. The summed E-state index contributed by atoms with van der Waals surface area (Å²) in [4.78, 5) is 14.6. The highest BCUT2D eigenvalue weighted by molar-refractivity contribution is 7.07. The van der Waals surface area contributed by atoms with Gasteiger partial charge in [0.2, 0.25) is 5.91 Å². The van der Waals surface area contributed by atoms with Crippen molar-refractivity contribution in [3.63, 3.8) is 0 Å². The molecule has 0 bridgehead atoms. The number of ether oxygens (including phenoxy) is 1. The maximum Gasteiger partial charge on any atom is 0.227 e. The monoisotopic (exact) mass is 345 g/mol. The molecule has 1 aliphatic heterocycles. The van der Waals surface area contributed by atoms with Crippen LogP contribution in [-0.2, 0) is 29.5 Å². The molecule has 3 heterocycles. The molecule has 5 nitrogen and oxygen atoms in total. The second-order valence-electron chi connectivity index (χ2n) is 6.94. The number of rotatable bonds is 6. The molecular formula is C18H23N3O2S. The summed E-state index contributed by atoms with van der Waals surface area (Å²) >= 11 is 1.64. The lowest BCUT2D eigenvalue weighted by Crippen LogP contribution is -2.40. The molecule has 0 radical (unpaired) electrons. The fourth-order valence-corrected chi connectivity index (χ4v) is 4.09. The highest BCUT2D eigenvalue weighted by Crippen LogP contribution is 2.31. The molecule has 1 atom stereocenters. The summed E-state index contributed by atoms with van der Waals surface area (Å²) in [5.74, 6) is 1.16. The first kappa shape index (κ1) is 15.8. The maximum absolute atomic E-state index is 12.7. The quantitative estimate of drug-likeness (QED) is 0.808. The number of hydrogen-bond donors (Lipinski definition) is 0. The fourth-order valence-electron chi connectivity index (χ4n) is 3.43. The van der Waals surface area contributed by atoms with Gasteiger partial charge in [-0.15, -0.1) is 0 Å². The molecule has 0 aromatic carbocycles. The zero-order chi connectivity index (χ0) is 16.5. The summed E-state index contributed by atoms with van der Waals surface area (Å²) in [6.45, 7) is 2.91. The lowest BCUT2D eigenvalue weighted by Gasteiger charge is -2.33. The molecule has 1 saturated carbocycles. The van der Waals surface area contributed by atoms with Gasteiger partial charge >= 0.3 is 0 Å². The molecule has 2 aromatic heterocycles. The van der Waals surface area contributed by atoms with Gasteiger partial charge in [-0.05, 0) is 41.1 Å². The topological polar surface area (TPSA) is 47.4 Å². The minimum absolute atomic E-state index is 0.190. The van der Waals surface area contributed by atoms with E-state index in [-0.39, 0.29) is 11.8 Å². The molecule has 4 rings (SSSR count). The Labute approximate surface area is 146 Å². The second kappa shape index (κ2) is 6.69. The number of aryl methyl sites for hydroxylation is 1. The molecule has 1 fully saturated rings. The Morgan fingerprint density at radius 3 is 3.04 bits per heavy atom. The fraction of sp³-hybridized carbons (Fsp3) is 0.556. The van der Waals surface area contributed by atoms with E-state index in [4.69, 9.17) is 4.74 Å². The largest absolute Gasteiger partial charge is 0.380 e. The number of thiophene rings is 1. The molecule has 1 unspecified atom stereocenters. The van der Waals surface area contributed by atoms with Gasteiger partial charge in [-0.1, -0.05) is 0 Å². The SMILES string of the molecule is Cn1ncc2c1C(COCC1CC1)CN(C(=O)Cc1ccsc1)C2. The van der Waals surface area contributed by atoms with E-state index in [1.807, 2.05) is 39.7 Å². The predicted molar refractivity (Wildman–Crippen MR) is 92.9 cm³/mol. The van der Waals surface area contributed by atoms with Gasteiger partial charge in [0.05, 0.1) is 24.9 Å². The third kappa shape index (κ3) is 3.39. The van der Waals surface area contributed by atoms with Crippen LogP contribution in [0.25, 0.3) is 0 Å². The summed E-state index contributed by atoms with van der Waals surface area (Å²) in [6, 6.07) is 2.03. The zero-order valence-electron chi connectivity index (χ0n) is 14.0. The van der Waals surface area contributed by atoms with E-state index < -0.39 is 0 Å². The van der Waals surface area contributed by atoms with Crippen molar-refractivity contribution < 1.29 is 9.53 Å². The summed E-state index contributed by atoms with van der Waals surface area (Å²) < 4.78 is 7.88. The predicted octanol–water partition coefficient (Wildman–Crippen LogP) is 2.58. The van der Waals surface area contributed by atoms with Crippen molar-refractivity contribution in [2.24, 2.45) is 13.0 Å². The molecule has 0 N–H and O–H groups in total. The number of fused-ring (bicyclic) bond motifs is 1. The van der Waals surface area contributed by atoms with Crippen LogP contribution in [0.4, 0.5) is 0 Å². The van der Waals surface area contributed by atoms with E-state index in [0.29, 0.717) is 19.6 Å². The third-order valence-corrected chi connectivity index (χ3v) is 5.64. The average molecular weight is 345 g/mol. The Bertz CT molecular complexity index is 706. The second-order valence-corrected chi connectivity index (χ2v) is 7.72. The first-order chi connectivity index (χ1) is 11.7. The van der Waals surface area contributed by atoms with Gasteiger partial charge in [0.25, 0.3) is 0 Å². The number of nitrogens with zero attached hydrogens (tertiary/aromatic N) is 3. The van der Waals surface area contributed by atoms with E-state index in [2.05, 4.69) is 5.10 Å². The van der Waals surface area contributed by atoms with Gasteiger partial charge in [-0.2, -0.15) is 16.4 Å². The lowest BCUT2D eigenvalue weighted by molar-refractivity contribution is -0.132. The Morgan fingerprint density at radius 1 is 1.42 bits per heavy atom. The van der Waals surface area contributed by atoms with E-state index in [0.717, 1.165) is 30.2 Å². The van der Waals surface area contributed by atoms with E-state index in [1.54, 1.807) is 11.3 Å². The Kier molecular flexibility index (Phi) is 4.41. The van der Waals surface area contributed by atoms with Crippen molar-refractivity contribution in [3.05, 3.63) is 39.8 Å². The summed E-state index contributed by atoms with van der Waals surface area (Å²) in [6.07, 6.45) is 4.97. The first-order valence-electron chi connectivity index (χ1n) is 8.58. The van der Waals surface area contributed by atoms with Gasteiger partial charge in [0.15, 0.2) is 0 Å². The Morgan fingerprint density at radius 2 is 2.29 bits per heavy atom. The zero-order valence-corrected chi connectivity index (χ0v) is 14.8. The van der Waals surface area contributed by atoms with Crippen molar-refractivity contribution in [3.8, 4) is 0 Å². The summed E-state index contributed by atoms with van der Waals surface area (Å²) in [5.41, 5.74) is 3.48. The van der Waals surface area contributed by atoms with Crippen molar-refractivity contribution in [2.45, 2.75) is 31.7 Å². The van der Waals surface area contributed by atoms with Crippen LogP contribution in [0.3, 0.4) is 0 Å². The standard InChI is InChI=1S/C18H23N3O2S/c1-20-18-15(7-19-20)8-21(17(22)6-14-4-5-24-12-14)9-16(18)11-23-10-13-2-3-13/h4-5,7,12-13,16H,2-3,6,8-11H2,1H3. The van der Waals surface area contributed by atoms with E-state index in [9.17, 15) is 4.79 Å². The number of hydrogen-bond acceptors (Lipinski definition) is 4. The Hall–Kier alpha value is -1.66. The average Bonchev–Trinajstić information content (AvgIpc) is 3.10.